The number of nitrogens with one attached hydrogen (secondary N) is 2. The Balaban J connectivity index is 1.46. The molecule has 0 aliphatic heterocycles. The summed E-state index contributed by atoms with van der Waals surface area (Å²) < 4.78 is 2.62. The van der Waals surface area contributed by atoms with Gasteiger partial charge in [-0.3, -0.25) is 0 Å². The zero-order chi connectivity index (χ0) is 21.4. The highest BCUT2D eigenvalue weighted by Gasteiger charge is 2.14. The standard InChI is InChI=1S/C26H18N4S2/c1-13-11-27-25(29-13)21-9-15-3-5-17-18-6-4-16-10-22(26-28-12-14(2)30-26)32-24(16)20(18)8-7-19(17)23(15)31-21/h3-12H,1-2H3,(H,27,29)(H,28,30). The summed E-state index contributed by atoms with van der Waals surface area (Å²) >= 11 is 3.61. The van der Waals surface area contributed by atoms with Crippen molar-refractivity contribution in [3.8, 4) is 21.4 Å². The molecule has 0 aliphatic carbocycles. The maximum Gasteiger partial charge on any atom is 0.147 e. The van der Waals surface area contributed by atoms with Crippen LogP contribution in [0.3, 0.4) is 0 Å². The summed E-state index contributed by atoms with van der Waals surface area (Å²) in [5.41, 5.74) is 2.16. The quantitative estimate of drug-likeness (QED) is 0.264. The Morgan fingerprint density at radius 3 is 1.44 bits per heavy atom. The number of nitrogens with zero attached hydrogens (tertiary/aromatic N) is 2. The van der Waals surface area contributed by atoms with Gasteiger partial charge >= 0.3 is 0 Å². The lowest BCUT2D eigenvalue weighted by Gasteiger charge is -2.06. The maximum atomic E-state index is 4.52. The van der Waals surface area contributed by atoms with Crippen molar-refractivity contribution in [1.82, 2.24) is 19.9 Å². The number of imidazole rings is 2. The highest BCUT2D eigenvalue weighted by molar-refractivity contribution is 7.23. The normalized spacial score (nSPS) is 12.1. The number of benzene rings is 3. The number of hydrogen-bond donors (Lipinski definition) is 2. The molecule has 7 rings (SSSR count). The first-order valence-corrected chi connectivity index (χ1v) is 12.1. The molecule has 0 bridgehead atoms. The van der Waals surface area contributed by atoms with Crippen molar-refractivity contribution < 1.29 is 0 Å². The van der Waals surface area contributed by atoms with E-state index in [2.05, 4.69) is 68.5 Å². The number of hydrogen-bond acceptors (Lipinski definition) is 4. The monoisotopic (exact) mass is 450 g/mol. The van der Waals surface area contributed by atoms with Crippen LogP contribution in [0.2, 0.25) is 0 Å². The van der Waals surface area contributed by atoms with Gasteiger partial charge in [0.15, 0.2) is 0 Å². The smallest absolute Gasteiger partial charge is 0.147 e. The Kier molecular flexibility index (Phi) is 3.69. The van der Waals surface area contributed by atoms with Gasteiger partial charge < -0.3 is 9.97 Å². The first kappa shape index (κ1) is 18.1. The highest BCUT2D eigenvalue weighted by atomic mass is 32.1. The molecular weight excluding hydrogens is 432 g/mol. The second kappa shape index (κ2) is 6.51. The van der Waals surface area contributed by atoms with Crippen LogP contribution >= 0.6 is 22.7 Å². The predicted molar refractivity (Wildman–Crippen MR) is 137 cm³/mol. The van der Waals surface area contributed by atoms with E-state index in [0.717, 1.165) is 23.0 Å². The molecular formula is C26H18N4S2. The Morgan fingerprint density at radius 1 is 0.594 bits per heavy atom. The van der Waals surface area contributed by atoms with E-state index in [-0.39, 0.29) is 0 Å². The summed E-state index contributed by atoms with van der Waals surface area (Å²) in [6.07, 6.45) is 3.77. The number of fused-ring (bicyclic) bond motifs is 7. The van der Waals surface area contributed by atoms with Crippen molar-refractivity contribution in [3.63, 3.8) is 0 Å². The molecule has 4 aromatic heterocycles. The van der Waals surface area contributed by atoms with Crippen LogP contribution < -0.4 is 0 Å². The van der Waals surface area contributed by atoms with E-state index < -0.39 is 0 Å². The predicted octanol–water partition coefficient (Wildman–Crippen LogP) is 7.82. The van der Waals surface area contributed by atoms with Gasteiger partial charge in [0, 0.05) is 44.0 Å². The van der Waals surface area contributed by atoms with Crippen LogP contribution in [0.15, 0.2) is 60.9 Å². The zero-order valence-electron chi connectivity index (χ0n) is 17.5. The molecule has 3 aromatic carbocycles. The Hall–Kier alpha value is -3.48. The molecule has 0 aliphatic rings. The summed E-state index contributed by atoms with van der Waals surface area (Å²) in [7, 11) is 0. The third-order valence-electron chi connectivity index (χ3n) is 6.03. The van der Waals surface area contributed by atoms with Crippen LogP contribution in [0.4, 0.5) is 0 Å². The van der Waals surface area contributed by atoms with Gasteiger partial charge in [-0.25, -0.2) is 9.97 Å². The van der Waals surface area contributed by atoms with E-state index in [0.29, 0.717) is 0 Å². The molecule has 0 amide bonds. The van der Waals surface area contributed by atoms with Crippen molar-refractivity contribution >= 4 is 64.4 Å². The fraction of sp³-hybridized carbons (Fsp3) is 0.0769. The minimum atomic E-state index is 0.943. The molecule has 0 saturated carbocycles. The molecule has 0 unspecified atom stereocenters. The molecule has 0 radical (unpaired) electrons. The SMILES string of the molecule is Cc1cnc(-c2cc3ccc4c5ccc6cc(-c7ncc(C)[nH]7)sc6c5ccc4c3s2)[nH]1. The van der Waals surface area contributed by atoms with Gasteiger partial charge in [-0.1, -0.05) is 36.4 Å². The van der Waals surface area contributed by atoms with E-state index in [9.17, 15) is 0 Å². The fourth-order valence-electron chi connectivity index (χ4n) is 4.53. The molecule has 2 N–H and O–H groups in total. The highest BCUT2D eigenvalue weighted by Crippen LogP contribution is 2.42. The van der Waals surface area contributed by atoms with Gasteiger partial charge in [0.05, 0.1) is 9.75 Å². The molecule has 6 heteroatoms. The summed E-state index contributed by atoms with van der Waals surface area (Å²) in [5, 5.41) is 7.71. The Bertz CT molecular complexity index is 1680. The first-order chi connectivity index (χ1) is 15.6. The lowest BCUT2D eigenvalue weighted by atomic mass is 10.00. The second-order valence-electron chi connectivity index (χ2n) is 8.27. The number of H-pyrrole nitrogens is 2. The van der Waals surface area contributed by atoms with Gasteiger partial charge in [-0.2, -0.15) is 0 Å². The Morgan fingerprint density at radius 2 is 1.03 bits per heavy atom. The van der Waals surface area contributed by atoms with Crippen molar-refractivity contribution in [2.45, 2.75) is 13.8 Å². The van der Waals surface area contributed by atoms with Crippen molar-refractivity contribution in [3.05, 3.63) is 72.3 Å². The van der Waals surface area contributed by atoms with Crippen molar-refractivity contribution in [2.24, 2.45) is 0 Å². The zero-order valence-corrected chi connectivity index (χ0v) is 19.1. The number of aromatic amines is 2. The fourth-order valence-corrected chi connectivity index (χ4v) is 6.80. The topological polar surface area (TPSA) is 57.4 Å². The van der Waals surface area contributed by atoms with E-state index in [1.54, 1.807) is 22.7 Å². The molecule has 4 heterocycles. The minimum Gasteiger partial charge on any atom is -0.341 e. The molecule has 4 nitrogen and oxygen atoms in total. The molecule has 0 fully saturated rings. The number of thiophene rings is 2. The van der Waals surface area contributed by atoms with Crippen LogP contribution in [0.25, 0.3) is 63.1 Å². The van der Waals surface area contributed by atoms with Crippen molar-refractivity contribution in [1.29, 1.82) is 0 Å². The van der Waals surface area contributed by atoms with Crippen LogP contribution in [0, 0.1) is 13.8 Å². The molecule has 154 valence electrons. The lowest BCUT2D eigenvalue weighted by Crippen LogP contribution is -1.78. The van der Waals surface area contributed by atoms with Gasteiger partial charge in [-0.15, -0.1) is 22.7 Å². The largest absolute Gasteiger partial charge is 0.341 e. The third-order valence-corrected chi connectivity index (χ3v) is 8.41. The average molecular weight is 451 g/mol. The maximum absolute atomic E-state index is 4.52. The van der Waals surface area contributed by atoms with Gasteiger partial charge in [-0.05, 0) is 47.5 Å². The molecule has 0 saturated heterocycles. The molecule has 32 heavy (non-hydrogen) atoms. The van der Waals surface area contributed by atoms with Crippen molar-refractivity contribution in [2.75, 3.05) is 0 Å². The number of aryl methyl sites for hydroxylation is 2. The van der Waals surface area contributed by atoms with E-state index >= 15 is 0 Å². The van der Waals surface area contributed by atoms with E-state index in [1.165, 1.54) is 51.5 Å². The Labute approximate surface area is 191 Å². The summed E-state index contributed by atoms with van der Waals surface area (Å²) in [6, 6.07) is 18.0. The molecule has 0 spiro atoms. The lowest BCUT2D eigenvalue weighted by molar-refractivity contribution is 1.26. The third kappa shape index (κ3) is 2.60. The average Bonchev–Trinajstić information content (AvgIpc) is 3.57. The summed E-state index contributed by atoms with van der Waals surface area (Å²) in [5.74, 6) is 1.89. The van der Waals surface area contributed by atoms with Gasteiger partial charge in [0.1, 0.15) is 11.6 Å². The minimum absolute atomic E-state index is 0.943. The second-order valence-corrected chi connectivity index (χ2v) is 10.4. The molecule has 0 atom stereocenters. The summed E-state index contributed by atoms with van der Waals surface area (Å²) in [4.78, 5) is 18.1. The number of aromatic nitrogens is 4. The first-order valence-electron chi connectivity index (χ1n) is 10.5. The van der Waals surface area contributed by atoms with E-state index in [1.807, 2.05) is 26.2 Å². The van der Waals surface area contributed by atoms with Gasteiger partial charge in [0.2, 0.25) is 0 Å². The summed E-state index contributed by atoms with van der Waals surface area (Å²) in [6.45, 7) is 4.07. The van der Waals surface area contributed by atoms with Crippen LogP contribution in [-0.2, 0) is 0 Å². The van der Waals surface area contributed by atoms with Gasteiger partial charge in [0.25, 0.3) is 0 Å². The van der Waals surface area contributed by atoms with Crippen LogP contribution in [0.1, 0.15) is 11.4 Å². The van der Waals surface area contributed by atoms with Crippen LogP contribution in [0.5, 0.6) is 0 Å². The van der Waals surface area contributed by atoms with E-state index in [4.69, 9.17) is 0 Å². The number of rotatable bonds is 2. The molecule has 7 aromatic rings. The van der Waals surface area contributed by atoms with Crippen LogP contribution in [-0.4, -0.2) is 19.9 Å².